The average molecular weight is 290 g/mol. The smallest absolute Gasteiger partial charge is 0.0223 e. The molecule has 0 aromatic rings. The standard InChI is InChI=1S/C19H34N2/c1-4-20-16-6-5-7-21(11-16)19-10-15-8-17(2,13-19)12-18(3,9-15)14-19/h15-16,20H,4-14H2,1-3H3. The van der Waals surface area contributed by atoms with Crippen molar-refractivity contribution in [2.24, 2.45) is 16.7 Å². The van der Waals surface area contributed by atoms with Crippen LogP contribution in [0.3, 0.4) is 0 Å². The van der Waals surface area contributed by atoms with E-state index < -0.39 is 0 Å². The summed E-state index contributed by atoms with van der Waals surface area (Å²) in [5.41, 5.74) is 1.87. The molecule has 3 atom stereocenters. The van der Waals surface area contributed by atoms with Crippen LogP contribution in [0.4, 0.5) is 0 Å². The fraction of sp³-hybridized carbons (Fsp3) is 1.00. The lowest BCUT2D eigenvalue weighted by Crippen LogP contribution is -2.67. The van der Waals surface area contributed by atoms with Crippen LogP contribution < -0.4 is 5.32 Å². The molecule has 0 spiro atoms. The third-order valence-electron chi connectivity index (χ3n) is 7.18. The molecule has 4 aliphatic carbocycles. The minimum absolute atomic E-state index is 0.566. The normalized spacial score (nSPS) is 53.3. The molecule has 5 fully saturated rings. The van der Waals surface area contributed by atoms with Crippen LogP contribution in [0, 0.1) is 16.7 Å². The Morgan fingerprint density at radius 2 is 1.76 bits per heavy atom. The number of piperidine rings is 1. The molecule has 2 heteroatoms. The van der Waals surface area contributed by atoms with Crippen molar-refractivity contribution < 1.29 is 0 Å². The Balaban J connectivity index is 1.59. The highest BCUT2D eigenvalue weighted by atomic mass is 15.2. The van der Waals surface area contributed by atoms with Crippen molar-refractivity contribution in [2.45, 2.75) is 83.7 Å². The number of hydrogen-bond donors (Lipinski definition) is 1. The van der Waals surface area contributed by atoms with Crippen LogP contribution in [-0.4, -0.2) is 36.1 Å². The van der Waals surface area contributed by atoms with Gasteiger partial charge in [-0.1, -0.05) is 20.8 Å². The van der Waals surface area contributed by atoms with Gasteiger partial charge in [0, 0.05) is 18.1 Å². The lowest BCUT2D eigenvalue weighted by Gasteiger charge is -2.68. The van der Waals surface area contributed by atoms with Gasteiger partial charge in [0.1, 0.15) is 0 Å². The van der Waals surface area contributed by atoms with Gasteiger partial charge in [-0.15, -0.1) is 0 Å². The average Bonchev–Trinajstić information content (AvgIpc) is 2.35. The van der Waals surface area contributed by atoms with Crippen LogP contribution in [0.5, 0.6) is 0 Å². The van der Waals surface area contributed by atoms with E-state index in [1.54, 1.807) is 0 Å². The summed E-state index contributed by atoms with van der Waals surface area (Å²) in [4.78, 5) is 2.95. The minimum atomic E-state index is 0.566. The molecule has 21 heavy (non-hydrogen) atoms. The van der Waals surface area contributed by atoms with E-state index in [9.17, 15) is 0 Å². The number of likely N-dealkylation sites (tertiary alicyclic amines) is 1. The van der Waals surface area contributed by atoms with Gasteiger partial charge in [0.25, 0.3) is 0 Å². The number of nitrogens with zero attached hydrogens (tertiary/aromatic N) is 1. The van der Waals surface area contributed by atoms with Crippen LogP contribution in [0.25, 0.3) is 0 Å². The Labute approximate surface area is 131 Å². The quantitative estimate of drug-likeness (QED) is 0.850. The van der Waals surface area contributed by atoms with Crippen molar-refractivity contribution in [3.05, 3.63) is 0 Å². The molecule has 1 saturated heterocycles. The van der Waals surface area contributed by atoms with Gasteiger partial charge in [-0.3, -0.25) is 4.90 Å². The van der Waals surface area contributed by atoms with E-state index in [-0.39, 0.29) is 0 Å². The maximum absolute atomic E-state index is 3.72. The van der Waals surface area contributed by atoms with E-state index in [0.717, 1.165) is 18.5 Å². The maximum atomic E-state index is 3.72. The van der Waals surface area contributed by atoms with E-state index in [0.29, 0.717) is 16.4 Å². The Hall–Kier alpha value is -0.0800. The first-order chi connectivity index (χ1) is 9.94. The van der Waals surface area contributed by atoms with Gasteiger partial charge in [-0.25, -0.2) is 0 Å². The lowest BCUT2D eigenvalue weighted by atomic mass is 9.42. The molecule has 0 aromatic heterocycles. The van der Waals surface area contributed by atoms with Crippen LogP contribution in [0.15, 0.2) is 0 Å². The van der Waals surface area contributed by atoms with Crippen molar-refractivity contribution in [1.82, 2.24) is 10.2 Å². The fourth-order valence-electron chi connectivity index (χ4n) is 7.60. The molecule has 2 nitrogen and oxygen atoms in total. The highest BCUT2D eigenvalue weighted by molar-refractivity contribution is 5.15. The first kappa shape index (κ1) is 14.5. The molecule has 0 amide bonds. The largest absolute Gasteiger partial charge is 0.313 e. The summed E-state index contributed by atoms with van der Waals surface area (Å²) >= 11 is 0. The Morgan fingerprint density at radius 3 is 2.38 bits per heavy atom. The first-order valence-electron chi connectivity index (χ1n) is 9.43. The van der Waals surface area contributed by atoms with Gasteiger partial charge in [0.05, 0.1) is 0 Å². The number of nitrogens with one attached hydrogen (secondary N) is 1. The third kappa shape index (κ3) is 2.37. The number of hydrogen-bond acceptors (Lipinski definition) is 2. The summed E-state index contributed by atoms with van der Waals surface area (Å²) in [7, 11) is 0. The van der Waals surface area contributed by atoms with E-state index >= 15 is 0 Å². The van der Waals surface area contributed by atoms with Crippen molar-refractivity contribution in [2.75, 3.05) is 19.6 Å². The van der Waals surface area contributed by atoms with Gasteiger partial charge >= 0.3 is 0 Å². The van der Waals surface area contributed by atoms with Crippen molar-refractivity contribution in [1.29, 1.82) is 0 Å². The van der Waals surface area contributed by atoms with E-state index in [1.165, 1.54) is 64.5 Å². The summed E-state index contributed by atoms with van der Waals surface area (Å²) < 4.78 is 0. The third-order valence-corrected chi connectivity index (χ3v) is 7.18. The Morgan fingerprint density at radius 1 is 1.05 bits per heavy atom. The van der Waals surface area contributed by atoms with Crippen LogP contribution in [0.1, 0.15) is 72.1 Å². The van der Waals surface area contributed by atoms with Gasteiger partial charge < -0.3 is 5.32 Å². The fourth-order valence-corrected chi connectivity index (χ4v) is 7.60. The van der Waals surface area contributed by atoms with Gasteiger partial charge in [0.15, 0.2) is 0 Å². The van der Waals surface area contributed by atoms with E-state index in [4.69, 9.17) is 0 Å². The Kier molecular flexibility index (Phi) is 3.25. The monoisotopic (exact) mass is 290 g/mol. The Bertz CT molecular complexity index is 398. The molecule has 1 aliphatic heterocycles. The second-order valence-corrected chi connectivity index (χ2v) is 9.70. The number of rotatable bonds is 3. The zero-order chi connectivity index (χ0) is 14.7. The summed E-state index contributed by atoms with van der Waals surface area (Å²) in [6, 6.07) is 0.748. The molecule has 120 valence electrons. The predicted molar refractivity (Wildman–Crippen MR) is 88.4 cm³/mol. The maximum Gasteiger partial charge on any atom is 0.0223 e. The van der Waals surface area contributed by atoms with Gasteiger partial charge in [-0.2, -0.15) is 0 Å². The van der Waals surface area contributed by atoms with Crippen LogP contribution in [0.2, 0.25) is 0 Å². The minimum Gasteiger partial charge on any atom is -0.313 e. The highest BCUT2D eigenvalue weighted by Crippen LogP contribution is 2.67. The highest BCUT2D eigenvalue weighted by Gasteiger charge is 2.61. The molecule has 3 unspecified atom stereocenters. The van der Waals surface area contributed by atoms with Crippen LogP contribution >= 0.6 is 0 Å². The van der Waals surface area contributed by atoms with E-state index in [2.05, 4.69) is 31.0 Å². The molecular formula is C19H34N2. The second-order valence-electron chi connectivity index (χ2n) is 9.70. The molecule has 4 bridgehead atoms. The molecule has 0 radical (unpaired) electrons. The summed E-state index contributed by atoms with van der Waals surface area (Å²) in [5.74, 6) is 1.02. The van der Waals surface area contributed by atoms with Gasteiger partial charge in [-0.05, 0) is 81.2 Å². The number of likely N-dealkylation sites (N-methyl/N-ethyl adjacent to an activating group) is 1. The van der Waals surface area contributed by atoms with Crippen molar-refractivity contribution in [3.8, 4) is 0 Å². The molecule has 1 heterocycles. The molecule has 0 aromatic carbocycles. The molecule has 5 aliphatic rings. The lowest BCUT2D eigenvalue weighted by molar-refractivity contribution is -0.166. The van der Waals surface area contributed by atoms with Gasteiger partial charge in [0.2, 0.25) is 0 Å². The molecule has 5 rings (SSSR count). The zero-order valence-corrected chi connectivity index (χ0v) is 14.4. The summed E-state index contributed by atoms with van der Waals surface area (Å²) in [5, 5.41) is 3.72. The first-order valence-corrected chi connectivity index (χ1v) is 9.43. The molecule has 4 saturated carbocycles. The predicted octanol–water partition coefficient (Wildman–Crippen LogP) is 3.81. The summed E-state index contributed by atoms with van der Waals surface area (Å²) in [6.07, 6.45) is 11.8. The van der Waals surface area contributed by atoms with Crippen molar-refractivity contribution >= 4 is 0 Å². The van der Waals surface area contributed by atoms with E-state index in [1.807, 2.05) is 0 Å². The van der Waals surface area contributed by atoms with Crippen molar-refractivity contribution in [3.63, 3.8) is 0 Å². The topological polar surface area (TPSA) is 15.3 Å². The van der Waals surface area contributed by atoms with Crippen LogP contribution in [-0.2, 0) is 0 Å². The zero-order valence-electron chi connectivity index (χ0n) is 14.4. The second kappa shape index (κ2) is 4.71. The summed E-state index contributed by atoms with van der Waals surface area (Å²) in [6.45, 7) is 11.3. The molecular weight excluding hydrogens is 256 g/mol. The molecule has 1 N–H and O–H groups in total. The SMILES string of the molecule is CCNC1CCCN(C23CC4CC(C)(CC(C)(C4)C2)C3)C1.